The van der Waals surface area contributed by atoms with Gasteiger partial charge in [0, 0.05) is 11.5 Å². The van der Waals surface area contributed by atoms with Gasteiger partial charge in [0.2, 0.25) is 0 Å². The predicted octanol–water partition coefficient (Wildman–Crippen LogP) is 3.21. The molecule has 0 radical (unpaired) electrons. The van der Waals surface area contributed by atoms with Gasteiger partial charge in [-0.05, 0) is 49.9 Å². The number of carboxylic acid groups (broad SMARTS) is 1. The Hall–Kier alpha value is -1.64. The number of carbonyl (C=O) groups is 2. The maximum Gasteiger partial charge on any atom is 0.304 e. The summed E-state index contributed by atoms with van der Waals surface area (Å²) in [5.41, 5.74) is 4.76. The second-order valence-electron chi connectivity index (χ2n) is 5.00. The van der Waals surface area contributed by atoms with Gasteiger partial charge in [-0.1, -0.05) is 13.0 Å². The van der Waals surface area contributed by atoms with Crippen LogP contribution in [0, 0.1) is 33.6 Å². The molecule has 0 aliphatic carbocycles. The summed E-state index contributed by atoms with van der Waals surface area (Å²) in [6.07, 6.45) is -0.120. The molecule has 0 saturated heterocycles. The number of rotatable bonds is 4. The van der Waals surface area contributed by atoms with E-state index < -0.39 is 11.9 Å². The Bertz CT molecular complexity index is 475. The number of hydrogen-bond donors (Lipinski definition) is 1. The van der Waals surface area contributed by atoms with Crippen LogP contribution in [0.4, 0.5) is 0 Å². The minimum Gasteiger partial charge on any atom is -0.481 e. The number of aryl methyl sites for hydroxylation is 2. The topological polar surface area (TPSA) is 54.4 Å². The highest BCUT2D eigenvalue weighted by Crippen LogP contribution is 2.25. The van der Waals surface area contributed by atoms with E-state index in [0.717, 1.165) is 22.3 Å². The maximum absolute atomic E-state index is 12.4. The Kier molecular flexibility index (Phi) is 4.28. The van der Waals surface area contributed by atoms with E-state index in [2.05, 4.69) is 6.07 Å². The molecule has 1 aromatic carbocycles. The van der Waals surface area contributed by atoms with Gasteiger partial charge in [0.05, 0.1) is 6.42 Å². The molecule has 1 rings (SSSR count). The van der Waals surface area contributed by atoms with E-state index in [4.69, 9.17) is 5.11 Å². The van der Waals surface area contributed by atoms with E-state index in [9.17, 15) is 9.59 Å². The number of benzene rings is 1. The first kappa shape index (κ1) is 14.4. The minimum absolute atomic E-state index is 0.0702. The number of Topliss-reactive ketones (excluding diaryl/α,β-unsaturated/α-hetero) is 1. The normalized spacial score (nSPS) is 12.3. The van der Waals surface area contributed by atoms with Crippen molar-refractivity contribution in [1.82, 2.24) is 0 Å². The highest BCUT2D eigenvalue weighted by atomic mass is 16.4. The molecule has 1 unspecified atom stereocenters. The molecule has 0 fully saturated rings. The average Bonchev–Trinajstić information content (AvgIpc) is 2.25. The lowest BCUT2D eigenvalue weighted by atomic mass is 9.86. The molecule has 0 aromatic heterocycles. The molecule has 0 bridgehead atoms. The molecule has 0 saturated carbocycles. The van der Waals surface area contributed by atoms with Crippen LogP contribution in [0.2, 0.25) is 0 Å². The van der Waals surface area contributed by atoms with Gasteiger partial charge >= 0.3 is 5.97 Å². The number of ketones is 1. The lowest BCUT2D eigenvalue weighted by molar-refractivity contribution is -0.137. The van der Waals surface area contributed by atoms with Crippen molar-refractivity contribution in [1.29, 1.82) is 0 Å². The first-order chi connectivity index (χ1) is 8.25. The van der Waals surface area contributed by atoms with Gasteiger partial charge in [-0.25, -0.2) is 0 Å². The number of aliphatic carboxylic acids is 1. The van der Waals surface area contributed by atoms with Gasteiger partial charge in [0.1, 0.15) is 0 Å². The fourth-order valence-corrected chi connectivity index (χ4v) is 2.19. The quantitative estimate of drug-likeness (QED) is 0.832. The van der Waals surface area contributed by atoms with Crippen molar-refractivity contribution in [3.63, 3.8) is 0 Å². The third kappa shape index (κ3) is 2.78. The smallest absolute Gasteiger partial charge is 0.304 e. The van der Waals surface area contributed by atoms with Crippen LogP contribution in [0.25, 0.3) is 0 Å². The zero-order valence-electron chi connectivity index (χ0n) is 11.6. The maximum atomic E-state index is 12.4. The largest absolute Gasteiger partial charge is 0.481 e. The fourth-order valence-electron chi connectivity index (χ4n) is 2.19. The van der Waals surface area contributed by atoms with Crippen molar-refractivity contribution < 1.29 is 14.7 Å². The van der Waals surface area contributed by atoms with Crippen LogP contribution in [-0.2, 0) is 4.79 Å². The molecule has 1 atom stereocenters. The Morgan fingerprint density at radius 3 is 1.94 bits per heavy atom. The van der Waals surface area contributed by atoms with Crippen molar-refractivity contribution in [2.45, 2.75) is 41.0 Å². The van der Waals surface area contributed by atoms with Crippen LogP contribution in [0.3, 0.4) is 0 Å². The van der Waals surface area contributed by atoms with Crippen LogP contribution >= 0.6 is 0 Å². The second kappa shape index (κ2) is 5.34. The van der Waals surface area contributed by atoms with Gasteiger partial charge < -0.3 is 5.11 Å². The van der Waals surface area contributed by atoms with Gasteiger partial charge in [-0.3, -0.25) is 9.59 Å². The van der Waals surface area contributed by atoms with E-state index >= 15 is 0 Å². The first-order valence-electron chi connectivity index (χ1n) is 6.09. The van der Waals surface area contributed by atoms with Crippen LogP contribution in [-0.4, -0.2) is 16.9 Å². The van der Waals surface area contributed by atoms with Gasteiger partial charge in [-0.2, -0.15) is 0 Å². The Balaban J connectivity index is 3.24. The molecule has 3 nitrogen and oxygen atoms in total. The number of hydrogen-bond acceptors (Lipinski definition) is 2. The highest BCUT2D eigenvalue weighted by molar-refractivity contribution is 6.02. The zero-order chi connectivity index (χ0) is 14.0. The van der Waals surface area contributed by atoms with E-state index in [1.807, 2.05) is 27.7 Å². The molecule has 0 amide bonds. The van der Waals surface area contributed by atoms with Crippen molar-refractivity contribution in [3.05, 3.63) is 33.9 Å². The Labute approximate surface area is 108 Å². The second-order valence-corrected chi connectivity index (χ2v) is 5.00. The highest BCUT2D eigenvalue weighted by Gasteiger charge is 2.22. The van der Waals surface area contributed by atoms with Crippen LogP contribution in [0.1, 0.15) is 46.0 Å². The summed E-state index contributed by atoms with van der Waals surface area (Å²) in [4.78, 5) is 23.1. The van der Waals surface area contributed by atoms with Crippen molar-refractivity contribution in [2.24, 2.45) is 5.92 Å². The molecule has 1 N–H and O–H groups in total. The monoisotopic (exact) mass is 248 g/mol. The molecule has 0 heterocycles. The Morgan fingerprint density at radius 1 is 1.11 bits per heavy atom. The summed E-state index contributed by atoms with van der Waals surface area (Å²) in [7, 11) is 0. The summed E-state index contributed by atoms with van der Waals surface area (Å²) in [6, 6.07) is 2.06. The van der Waals surface area contributed by atoms with Crippen LogP contribution in [0.15, 0.2) is 6.07 Å². The van der Waals surface area contributed by atoms with E-state index in [1.165, 1.54) is 0 Å². The van der Waals surface area contributed by atoms with Crippen LogP contribution in [0.5, 0.6) is 0 Å². The predicted molar refractivity (Wildman–Crippen MR) is 71.1 cm³/mol. The number of carbonyl (C=O) groups excluding carboxylic acids is 1. The standard InChI is InChI=1S/C15H20O3/c1-8-6-9(2)12(5)14(11(8)4)15(18)10(3)7-13(16)17/h6,10H,7H2,1-5H3,(H,16,17). The number of carboxylic acids is 1. The molecule has 0 aliphatic heterocycles. The summed E-state index contributed by atoms with van der Waals surface area (Å²) < 4.78 is 0. The molecule has 18 heavy (non-hydrogen) atoms. The van der Waals surface area contributed by atoms with E-state index in [-0.39, 0.29) is 12.2 Å². The van der Waals surface area contributed by atoms with Crippen molar-refractivity contribution >= 4 is 11.8 Å². The average molecular weight is 248 g/mol. The van der Waals surface area contributed by atoms with Crippen molar-refractivity contribution in [3.8, 4) is 0 Å². The minimum atomic E-state index is -0.935. The third-order valence-corrected chi connectivity index (χ3v) is 3.54. The van der Waals surface area contributed by atoms with Crippen LogP contribution < -0.4 is 0 Å². The lowest BCUT2D eigenvalue weighted by Crippen LogP contribution is -2.18. The fraction of sp³-hybridized carbons (Fsp3) is 0.467. The molecular formula is C15H20O3. The summed E-state index contributed by atoms with van der Waals surface area (Å²) in [5, 5.41) is 8.78. The molecule has 3 heteroatoms. The third-order valence-electron chi connectivity index (χ3n) is 3.54. The van der Waals surface area contributed by atoms with Gasteiger partial charge in [-0.15, -0.1) is 0 Å². The van der Waals surface area contributed by atoms with E-state index in [0.29, 0.717) is 5.56 Å². The van der Waals surface area contributed by atoms with E-state index in [1.54, 1.807) is 6.92 Å². The first-order valence-corrected chi connectivity index (χ1v) is 6.09. The molecular weight excluding hydrogens is 228 g/mol. The summed E-state index contributed by atoms with van der Waals surface area (Å²) in [5.74, 6) is -1.49. The molecule has 0 spiro atoms. The lowest BCUT2D eigenvalue weighted by Gasteiger charge is -2.17. The molecule has 1 aromatic rings. The summed E-state index contributed by atoms with van der Waals surface area (Å²) >= 11 is 0. The molecule has 0 aliphatic rings. The SMILES string of the molecule is Cc1cc(C)c(C)c(C(=O)C(C)CC(=O)O)c1C. The van der Waals surface area contributed by atoms with Gasteiger partial charge in [0.25, 0.3) is 0 Å². The summed E-state index contributed by atoms with van der Waals surface area (Å²) in [6.45, 7) is 9.46. The van der Waals surface area contributed by atoms with Crippen molar-refractivity contribution in [2.75, 3.05) is 0 Å². The molecule has 98 valence electrons. The zero-order valence-corrected chi connectivity index (χ0v) is 11.6. The van der Waals surface area contributed by atoms with Gasteiger partial charge in [0.15, 0.2) is 5.78 Å². The Morgan fingerprint density at radius 2 is 1.56 bits per heavy atom.